The van der Waals surface area contributed by atoms with Crippen LogP contribution in [0.5, 0.6) is 0 Å². The molecule has 0 heterocycles. The highest BCUT2D eigenvalue weighted by Crippen LogP contribution is 2.30. The first-order chi connectivity index (χ1) is 11.7. The van der Waals surface area contributed by atoms with Crippen molar-refractivity contribution in [2.24, 2.45) is 0 Å². The third-order valence-electron chi connectivity index (χ3n) is 4.37. The molecular formula is C19H19Cl2NO3. The summed E-state index contributed by atoms with van der Waals surface area (Å²) in [7, 11) is 0. The minimum Gasteiger partial charge on any atom is -0.324 e. The molecule has 1 aromatic rings. The highest BCUT2D eigenvalue weighted by molar-refractivity contribution is 6.39. The van der Waals surface area contributed by atoms with Crippen LogP contribution in [0.4, 0.5) is 5.69 Å². The summed E-state index contributed by atoms with van der Waals surface area (Å²) < 4.78 is 0. The molecule has 0 radical (unpaired) electrons. The number of rotatable bonds is 5. The van der Waals surface area contributed by atoms with Crippen LogP contribution in [0.1, 0.15) is 40.0 Å². The fourth-order valence-corrected chi connectivity index (χ4v) is 3.19. The molecular weight excluding hydrogens is 361 g/mol. The first-order valence-corrected chi connectivity index (χ1v) is 8.70. The second-order valence-electron chi connectivity index (χ2n) is 6.01. The van der Waals surface area contributed by atoms with E-state index in [0.717, 1.165) is 0 Å². The number of para-hydroxylation sites is 1. The third kappa shape index (κ3) is 4.20. The average Bonchev–Trinajstić information content (AvgIpc) is 2.58. The topological polar surface area (TPSA) is 63.2 Å². The van der Waals surface area contributed by atoms with E-state index in [1.807, 2.05) is 0 Å². The quantitative estimate of drug-likeness (QED) is 0.739. The summed E-state index contributed by atoms with van der Waals surface area (Å²) in [5.41, 5.74) is 2.33. The second-order valence-corrected chi connectivity index (χ2v) is 6.82. The van der Waals surface area contributed by atoms with Gasteiger partial charge in [-0.25, -0.2) is 0 Å². The molecule has 2 rings (SSSR count). The lowest BCUT2D eigenvalue weighted by Gasteiger charge is -2.18. The van der Waals surface area contributed by atoms with Crippen LogP contribution in [0.3, 0.4) is 0 Å². The molecule has 0 unspecified atom stereocenters. The van der Waals surface area contributed by atoms with Gasteiger partial charge in [0.15, 0.2) is 11.6 Å². The van der Waals surface area contributed by atoms with Gasteiger partial charge in [-0.3, -0.25) is 14.4 Å². The minimum absolute atomic E-state index is 0.0978. The van der Waals surface area contributed by atoms with E-state index in [1.54, 1.807) is 39.0 Å². The summed E-state index contributed by atoms with van der Waals surface area (Å²) >= 11 is 12.0. The lowest BCUT2D eigenvalue weighted by molar-refractivity contribution is -0.117. The molecule has 1 N–H and O–H groups in total. The van der Waals surface area contributed by atoms with E-state index in [-0.39, 0.29) is 23.9 Å². The molecule has 4 nitrogen and oxygen atoms in total. The Balaban J connectivity index is 1.98. The Morgan fingerprint density at radius 1 is 0.960 bits per heavy atom. The zero-order valence-corrected chi connectivity index (χ0v) is 15.8. The number of Topliss-reactive ketones (excluding diaryl/α,β-unsaturated/α-hetero) is 2. The van der Waals surface area contributed by atoms with Crippen molar-refractivity contribution in [2.45, 2.75) is 40.0 Å². The van der Waals surface area contributed by atoms with Gasteiger partial charge in [0.1, 0.15) is 0 Å². The first-order valence-electron chi connectivity index (χ1n) is 7.94. The minimum atomic E-state index is -0.244. The Bertz CT molecular complexity index is 802. The van der Waals surface area contributed by atoms with E-state index >= 15 is 0 Å². The zero-order chi connectivity index (χ0) is 18.7. The van der Waals surface area contributed by atoms with Crippen LogP contribution in [0, 0.1) is 0 Å². The molecule has 1 aliphatic carbocycles. The average molecular weight is 380 g/mol. The van der Waals surface area contributed by atoms with Gasteiger partial charge in [0.05, 0.1) is 15.7 Å². The summed E-state index contributed by atoms with van der Waals surface area (Å²) in [4.78, 5) is 36.6. The number of ketones is 2. The Hall–Kier alpha value is -1.91. The van der Waals surface area contributed by atoms with Gasteiger partial charge in [0.25, 0.3) is 0 Å². The van der Waals surface area contributed by atoms with E-state index in [0.29, 0.717) is 50.9 Å². The molecule has 6 heteroatoms. The van der Waals surface area contributed by atoms with Gasteiger partial charge in [-0.2, -0.15) is 0 Å². The molecule has 0 saturated carbocycles. The largest absolute Gasteiger partial charge is 0.324 e. The van der Waals surface area contributed by atoms with Crippen LogP contribution in [0.25, 0.3) is 0 Å². The summed E-state index contributed by atoms with van der Waals surface area (Å²) in [5, 5.41) is 3.41. The maximum atomic E-state index is 12.3. The van der Waals surface area contributed by atoms with Crippen molar-refractivity contribution < 1.29 is 14.4 Å². The van der Waals surface area contributed by atoms with Crippen molar-refractivity contribution >= 4 is 46.4 Å². The molecule has 25 heavy (non-hydrogen) atoms. The van der Waals surface area contributed by atoms with Crippen LogP contribution in [0.15, 0.2) is 40.5 Å². The summed E-state index contributed by atoms with van der Waals surface area (Å²) in [6, 6.07) is 4.97. The Labute approximate surface area is 156 Å². The lowest BCUT2D eigenvalue weighted by atomic mass is 9.84. The predicted octanol–water partition coefficient (Wildman–Crippen LogP) is 4.91. The van der Waals surface area contributed by atoms with Crippen LogP contribution in [-0.2, 0) is 14.4 Å². The van der Waals surface area contributed by atoms with Crippen LogP contribution >= 0.6 is 23.2 Å². The third-order valence-corrected chi connectivity index (χ3v) is 5.00. The molecule has 0 spiro atoms. The molecule has 1 amide bonds. The van der Waals surface area contributed by atoms with Gasteiger partial charge in [-0.15, -0.1) is 0 Å². The maximum Gasteiger partial charge on any atom is 0.224 e. The molecule has 0 aromatic heterocycles. The number of hydrogen-bond acceptors (Lipinski definition) is 3. The zero-order valence-electron chi connectivity index (χ0n) is 14.3. The molecule has 1 aliphatic rings. The molecule has 0 saturated heterocycles. The SMILES string of the molecule is CC1=C(C)C(=O)C(CCCC(=O)Nc2c(Cl)cccc2Cl)=C(C)C1=O. The van der Waals surface area contributed by atoms with E-state index in [9.17, 15) is 14.4 Å². The van der Waals surface area contributed by atoms with Crippen molar-refractivity contribution in [1.29, 1.82) is 0 Å². The van der Waals surface area contributed by atoms with Crippen molar-refractivity contribution in [3.05, 3.63) is 50.5 Å². The Morgan fingerprint density at radius 3 is 2.12 bits per heavy atom. The van der Waals surface area contributed by atoms with E-state index in [2.05, 4.69) is 5.32 Å². The fourth-order valence-electron chi connectivity index (χ4n) is 2.70. The number of carbonyl (C=O) groups excluding carboxylic acids is 3. The molecule has 0 aliphatic heterocycles. The molecule has 0 bridgehead atoms. The number of anilines is 1. The van der Waals surface area contributed by atoms with Gasteiger partial charge < -0.3 is 5.32 Å². The van der Waals surface area contributed by atoms with Crippen molar-refractivity contribution in [1.82, 2.24) is 0 Å². The normalized spacial score (nSPS) is 15.1. The molecule has 1 aromatic carbocycles. The van der Waals surface area contributed by atoms with Gasteiger partial charge >= 0.3 is 0 Å². The molecule has 0 fully saturated rings. The van der Waals surface area contributed by atoms with Crippen LogP contribution in [-0.4, -0.2) is 17.5 Å². The smallest absolute Gasteiger partial charge is 0.224 e. The monoisotopic (exact) mass is 379 g/mol. The van der Waals surface area contributed by atoms with E-state index in [4.69, 9.17) is 23.2 Å². The summed E-state index contributed by atoms with van der Waals surface area (Å²) in [5.74, 6) is -0.449. The highest BCUT2D eigenvalue weighted by Gasteiger charge is 2.27. The van der Waals surface area contributed by atoms with Gasteiger partial charge in [0, 0.05) is 28.7 Å². The van der Waals surface area contributed by atoms with Crippen molar-refractivity contribution in [3.8, 4) is 0 Å². The van der Waals surface area contributed by atoms with Gasteiger partial charge in [-0.05, 0) is 45.7 Å². The van der Waals surface area contributed by atoms with Crippen LogP contribution < -0.4 is 5.32 Å². The number of carbonyl (C=O) groups is 3. The predicted molar refractivity (Wildman–Crippen MR) is 100 cm³/mol. The van der Waals surface area contributed by atoms with Crippen molar-refractivity contribution in [3.63, 3.8) is 0 Å². The van der Waals surface area contributed by atoms with Gasteiger partial charge in [0.2, 0.25) is 5.91 Å². The standard InChI is InChI=1S/C19H19Cl2NO3/c1-10-11(2)19(25)13(12(3)18(10)24)6-4-9-16(23)22-17-14(20)7-5-8-15(17)21/h5,7-8H,4,6,9H2,1-3H3,(H,22,23). The number of amides is 1. The molecule has 0 atom stereocenters. The van der Waals surface area contributed by atoms with Gasteiger partial charge in [-0.1, -0.05) is 29.3 Å². The van der Waals surface area contributed by atoms with E-state index < -0.39 is 0 Å². The molecule has 132 valence electrons. The second kappa shape index (κ2) is 7.98. The number of allylic oxidation sites excluding steroid dienone is 4. The highest BCUT2D eigenvalue weighted by atomic mass is 35.5. The number of nitrogens with one attached hydrogen (secondary N) is 1. The number of hydrogen-bond donors (Lipinski definition) is 1. The first kappa shape index (κ1) is 19.4. The fraction of sp³-hybridized carbons (Fsp3) is 0.316. The number of halogens is 2. The summed E-state index contributed by atoms with van der Waals surface area (Å²) in [6.45, 7) is 4.99. The lowest BCUT2D eigenvalue weighted by Crippen LogP contribution is -2.21. The van der Waals surface area contributed by atoms with Crippen molar-refractivity contribution in [2.75, 3.05) is 5.32 Å². The number of benzene rings is 1. The Morgan fingerprint density at radius 2 is 1.52 bits per heavy atom. The van der Waals surface area contributed by atoms with Crippen LogP contribution in [0.2, 0.25) is 10.0 Å². The Kier molecular flexibility index (Phi) is 6.20. The maximum absolute atomic E-state index is 12.3. The summed E-state index contributed by atoms with van der Waals surface area (Å²) in [6.07, 6.45) is 1.03. The van der Waals surface area contributed by atoms with E-state index in [1.165, 1.54) is 0 Å².